The standard InChI is InChI=1S/C12H16O4/c1-4-5-8-6-9(15-2)7-10(13)11(8)12(14)16-3/h6-7,13H,4-5H2,1-3H3. The van der Waals surface area contributed by atoms with E-state index in [4.69, 9.17) is 4.74 Å². The molecular weight excluding hydrogens is 208 g/mol. The fourth-order valence-corrected chi connectivity index (χ4v) is 1.58. The van der Waals surface area contributed by atoms with Crippen LogP contribution in [0.3, 0.4) is 0 Å². The Morgan fingerprint density at radius 2 is 2.06 bits per heavy atom. The van der Waals surface area contributed by atoms with Crippen LogP contribution in [0.25, 0.3) is 0 Å². The predicted octanol–water partition coefficient (Wildman–Crippen LogP) is 2.14. The van der Waals surface area contributed by atoms with Crippen LogP contribution in [0, 0.1) is 0 Å². The van der Waals surface area contributed by atoms with E-state index in [0.29, 0.717) is 12.2 Å². The maximum Gasteiger partial charge on any atom is 0.341 e. The number of phenols is 1. The fourth-order valence-electron chi connectivity index (χ4n) is 1.58. The second kappa shape index (κ2) is 5.39. The zero-order valence-electron chi connectivity index (χ0n) is 9.74. The van der Waals surface area contributed by atoms with E-state index in [9.17, 15) is 9.90 Å². The number of aryl methyl sites for hydroxylation is 1. The molecule has 0 saturated heterocycles. The first-order chi connectivity index (χ1) is 7.63. The normalized spacial score (nSPS) is 9.94. The molecule has 0 unspecified atom stereocenters. The van der Waals surface area contributed by atoms with Crippen molar-refractivity contribution in [2.45, 2.75) is 19.8 Å². The summed E-state index contributed by atoms with van der Waals surface area (Å²) in [6, 6.07) is 3.15. The molecule has 16 heavy (non-hydrogen) atoms. The molecule has 1 rings (SSSR count). The van der Waals surface area contributed by atoms with Gasteiger partial charge >= 0.3 is 5.97 Å². The molecule has 0 saturated carbocycles. The quantitative estimate of drug-likeness (QED) is 0.796. The van der Waals surface area contributed by atoms with E-state index in [0.717, 1.165) is 12.0 Å². The average Bonchev–Trinajstić information content (AvgIpc) is 2.28. The first-order valence-corrected chi connectivity index (χ1v) is 5.12. The van der Waals surface area contributed by atoms with Gasteiger partial charge < -0.3 is 14.6 Å². The summed E-state index contributed by atoms with van der Waals surface area (Å²) in [6.45, 7) is 2.00. The van der Waals surface area contributed by atoms with Gasteiger partial charge in [-0.1, -0.05) is 13.3 Å². The van der Waals surface area contributed by atoms with Crippen molar-refractivity contribution < 1.29 is 19.4 Å². The van der Waals surface area contributed by atoms with Gasteiger partial charge in [-0.15, -0.1) is 0 Å². The first kappa shape index (κ1) is 12.4. The highest BCUT2D eigenvalue weighted by molar-refractivity contribution is 5.94. The number of hydrogen-bond donors (Lipinski definition) is 1. The number of phenolic OH excluding ortho intramolecular Hbond substituents is 1. The van der Waals surface area contributed by atoms with Gasteiger partial charge in [0.25, 0.3) is 0 Å². The molecule has 0 aliphatic rings. The van der Waals surface area contributed by atoms with Crippen molar-refractivity contribution in [1.29, 1.82) is 0 Å². The van der Waals surface area contributed by atoms with Crippen LogP contribution in [0.15, 0.2) is 12.1 Å². The number of hydrogen-bond acceptors (Lipinski definition) is 4. The maximum absolute atomic E-state index is 11.5. The lowest BCUT2D eigenvalue weighted by Crippen LogP contribution is -2.06. The molecule has 0 bridgehead atoms. The molecule has 1 N–H and O–H groups in total. The van der Waals surface area contributed by atoms with E-state index in [1.807, 2.05) is 6.92 Å². The van der Waals surface area contributed by atoms with Crippen LogP contribution in [-0.2, 0) is 11.2 Å². The molecule has 0 aliphatic heterocycles. The minimum atomic E-state index is -0.524. The number of carbonyl (C=O) groups is 1. The van der Waals surface area contributed by atoms with E-state index >= 15 is 0 Å². The number of aromatic hydroxyl groups is 1. The third-order valence-corrected chi connectivity index (χ3v) is 2.32. The van der Waals surface area contributed by atoms with E-state index < -0.39 is 5.97 Å². The van der Waals surface area contributed by atoms with Gasteiger partial charge in [0.05, 0.1) is 14.2 Å². The van der Waals surface area contributed by atoms with Crippen LogP contribution in [0.5, 0.6) is 11.5 Å². The highest BCUT2D eigenvalue weighted by atomic mass is 16.5. The maximum atomic E-state index is 11.5. The molecule has 88 valence electrons. The number of methoxy groups -OCH3 is 2. The molecule has 4 heteroatoms. The van der Waals surface area contributed by atoms with Crippen LogP contribution < -0.4 is 4.74 Å². The number of esters is 1. The topological polar surface area (TPSA) is 55.8 Å². The molecule has 0 fully saturated rings. The van der Waals surface area contributed by atoms with Gasteiger partial charge in [-0.2, -0.15) is 0 Å². The highest BCUT2D eigenvalue weighted by Crippen LogP contribution is 2.29. The summed E-state index contributed by atoms with van der Waals surface area (Å²) in [5, 5.41) is 9.75. The van der Waals surface area contributed by atoms with Crippen molar-refractivity contribution in [2.24, 2.45) is 0 Å². The lowest BCUT2D eigenvalue weighted by molar-refractivity contribution is 0.0596. The van der Waals surface area contributed by atoms with Crippen molar-refractivity contribution in [3.05, 3.63) is 23.3 Å². The number of benzene rings is 1. The predicted molar refractivity (Wildman–Crippen MR) is 60.0 cm³/mol. The van der Waals surface area contributed by atoms with Crippen molar-refractivity contribution in [3.63, 3.8) is 0 Å². The van der Waals surface area contributed by atoms with Crippen molar-refractivity contribution in [3.8, 4) is 11.5 Å². The SMILES string of the molecule is CCCc1cc(OC)cc(O)c1C(=O)OC. The van der Waals surface area contributed by atoms with E-state index in [-0.39, 0.29) is 11.3 Å². The summed E-state index contributed by atoms with van der Waals surface area (Å²) in [4.78, 5) is 11.5. The van der Waals surface area contributed by atoms with Gasteiger partial charge in [0.2, 0.25) is 0 Å². The zero-order chi connectivity index (χ0) is 12.1. The van der Waals surface area contributed by atoms with Crippen LogP contribution in [-0.4, -0.2) is 25.3 Å². The Morgan fingerprint density at radius 1 is 1.38 bits per heavy atom. The second-order valence-electron chi connectivity index (χ2n) is 3.42. The van der Waals surface area contributed by atoms with E-state index in [1.54, 1.807) is 6.07 Å². The Bertz CT molecular complexity index is 385. The summed E-state index contributed by atoms with van der Waals surface area (Å²) >= 11 is 0. The van der Waals surface area contributed by atoms with Crippen molar-refractivity contribution >= 4 is 5.97 Å². The Balaban J connectivity index is 3.27. The van der Waals surface area contributed by atoms with Crippen LogP contribution >= 0.6 is 0 Å². The van der Waals surface area contributed by atoms with Crippen LogP contribution in [0.1, 0.15) is 29.3 Å². The minimum absolute atomic E-state index is 0.102. The molecule has 0 heterocycles. The molecule has 0 atom stereocenters. The molecule has 0 aromatic heterocycles. The highest BCUT2D eigenvalue weighted by Gasteiger charge is 2.18. The Hall–Kier alpha value is -1.71. The summed E-state index contributed by atoms with van der Waals surface area (Å²) in [5.74, 6) is -0.0909. The molecule has 0 aliphatic carbocycles. The summed E-state index contributed by atoms with van der Waals surface area (Å²) in [6.07, 6.45) is 1.56. The van der Waals surface area contributed by atoms with E-state index in [2.05, 4.69) is 4.74 Å². The first-order valence-electron chi connectivity index (χ1n) is 5.12. The lowest BCUT2D eigenvalue weighted by atomic mass is 10.0. The molecule has 1 aromatic rings. The molecule has 0 amide bonds. The number of carbonyl (C=O) groups excluding carboxylic acids is 1. The van der Waals surface area contributed by atoms with Gasteiger partial charge in [0, 0.05) is 6.07 Å². The van der Waals surface area contributed by atoms with Crippen molar-refractivity contribution in [2.75, 3.05) is 14.2 Å². The third kappa shape index (κ3) is 2.45. The minimum Gasteiger partial charge on any atom is -0.507 e. The smallest absolute Gasteiger partial charge is 0.341 e. The molecule has 0 radical (unpaired) electrons. The Morgan fingerprint density at radius 3 is 2.56 bits per heavy atom. The van der Waals surface area contributed by atoms with Gasteiger partial charge in [0.15, 0.2) is 0 Å². The fraction of sp³-hybridized carbons (Fsp3) is 0.417. The summed E-state index contributed by atoms with van der Waals surface area (Å²) in [7, 11) is 2.81. The second-order valence-corrected chi connectivity index (χ2v) is 3.42. The molecule has 4 nitrogen and oxygen atoms in total. The summed E-state index contributed by atoms with van der Waals surface area (Å²) in [5.41, 5.74) is 0.969. The summed E-state index contributed by atoms with van der Waals surface area (Å²) < 4.78 is 9.68. The average molecular weight is 224 g/mol. The zero-order valence-corrected chi connectivity index (χ0v) is 9.74. The largest absolute Gasteiger partial charge is 0.507 e. The van der Waals surface area contributed by atoms with Gasteiger partial charge in [-0.25, -0.2) is 4.79 Å². The third-order valence-electron chi connectivity index (χ3n) is 2.32. The lowest BCUT2D eigenvalue weighted by Gasteiger charge is -2.11. The Kier molecular flexibility index (Phi) is 4.17. The molecule has 0 spiro atoms. The van der Waals surface area contributed by atoms with E-state index in [1.165, 1.54) is 20.3 Å². The van der Waals surface area contributed by atoms with Crippen LogP contribution in [0.4, 0.5) is 0 Å². The van der Waals surface area contributed by atoms with Gasteiger partial charge in [-0.3, -0.25) is 0 Å². The molecular formula is C12H16O4. The van der Waals surface area contributed by atoms with Crippen LogP contribution in [0.2, 0.25) is 0 Å². The van der Waals surface area contributed by atoms with Gasteiger partial charge in [-0.05, 0) is 18.1 Å². The Labute approximate surface area is 94.8 Å². The van der Waals surface area contributed by atoms with Gasteiger partial charge in [0.1, 0.15) is 17.1 Å². The number of ether oxygens (including phenoxy) is 2. The molecule has 1 aromatic carbocycles. The number of rotatable bonds is 4. The monoisotopic (exact) mass is 224 g/mol. The van der Waals surface area contributed by atoms with Crippen molar-refractivity contribution in [1.82, 2.24) is 0 Å².